The lowest BCUT2D eigenvalue weighted by Gasteiger charge is -2.17. The van der Waals surface area contributed by atoms with E-state index in [0.29, 0.717) is 18.3 Å². The summed E-state index contributed by atoms with van der Waals surface area (Å²) in [5.74, 6) is 1.28. The van der Waals surface area contributed by atoms with E-state index in [4.69, 9.17) is 0 Å². The number of halogens is 2. The van der Waals surface area contributed by atoms with E-state index in [1.54, 1.807) is 36.1 Å². The zero-order valence-electron chi connectivity index (χ0n) is 15.9. The molecule has 1 heterocycles. The van der Waals surface area contributed by atoms with E-state index in [2.05, 4.69) is 26.9 Å². The molecule has 1 aromatic carbocycles. The molecule has 1 aliphatic rings. The van der Waals surface area contributed by atoms with Crippen LogP contribution in [0.3, 0.4) is 0 Å². The molecule has 2 aromatic rings. The lowest BCUT2D eigenvalue weighted by Crippen LogP contribution is -2.42. The van der Waals surface area contributed by atoms with Crippen molar-refractivity contribution in [3.63, 3.8) is 0 Å². The highest BCUT2D eigenvalue weighted by Gasteiger charge is 2.24. The van der Waals surface area contributed by atoms with E-state index in [-0.39, 0.29) is 29.8 Å². The summed E-state index contributed by atoms with van der Waals surface area (Å²) in [4.78, 5) is 8.44. The van der Waals surface area contributed by atoms with E-state index in [0.717, 1.165) is 29.0 Å². The Morgan fingerprint density at radius 3 is 2.81 bits per heavy atom. The van der Waals surface area contributed by atoms with Crippen LogP contribution < -0.4 is 10.6 Å². The first-order valence-electron chi connectivity index (χ1n) is 8.89. The van der Waals surface area contributed by atoms with Crippen molar-refractivity contribution >= 4 is 41.7 Å². The Morgan fingerprint density at radius 1 is 1.41 bits per heavy atom. The molecule has 1 aromatic heterocycles. The lowest BCUT2D eigenvalue weighted by molar-refractivity contribution is 0.607. The summed E-state index contributed by atoms with van der Waals surface area (Å²) in [7, 11) is 1.77. The monoisotopic (exact) mass is 503 g/mol. The molecule has 1 aliphatic carbocycles. The Morgan fingerprint density at radius 2 is 2.22 bits per heavy atom. The molecule has 0 spiro atoms. The molecule has 2 atom stereocenters. The van der Waals surface area contributed by atoms with Crippen LogP contribution in [0.1, 0.15) is 30.7 Å². The zero-order chi connectivity index (χ0) is 18.5. The highest BCUT2D eigenvalue weighted by atomic mass is 127. The largest absolute Gasteiger partial charge is 0.354 e. The topological polar surface area (TPSA) is 54.2 Å². The molecule has 2 unspecified atom stereocenters. The van der Waals surface area contributed by atoms with E-state index in [9.17, 15) is 4.39 Å². The summed E-state index contributed by atoms with van der Waals surface area (Å²) in [6.45, 7) is 2.38. The van der Waals surface area contributed by atoms with Crippen LogP contribution in [0, 0.1) is 12.7 Å². The third-order valence-electron chi connectivity index (χ3n) is 4.84. The van der Waals surface area contributed by atoms with Crippen molar-refractivity contribution in [2.75, 3.05) is 13.3 Å². The number of nitrogens with zero attached hydrogens (tertiary/aromatic N) is 3. The van der Waals surface area contributed by atoms with Crippen LogP contribution in [0.2, 0.25) is 0 Å². The van der Waals surface area contributed by atoms with Crippen LogP contribution in [0.5, 0.6) is 0 Å². The Kier molecular flexibility index (Phi) is 8.40. The maximum Gasteiger partial charge on any atom is 0.191 e. The Balaban J connectivity index is 0.00000261. The van der Waals surface area contributed by atoms with Crippen molar-refractivity contribution in [3.05, 3.63) is 47.8 Å². The first kappa shape index (κ1) is 22.0. The number of benzene rings is 1. The molecule has 2 N–H and O–H groups in total. The summed E-state index contributed by atoms with van der Waals surface area (Å²) < 4.78 is 16.2. The number of hydrogen-bond acceptors (Lipinski definition) is 3. The molecule has 0 aliphatic heterocycles. The fraction of sp³-hybridized carbons (Fsp3) is 0.474. The molecule has 5 nitrogen and oxygen atoms in total. The highest BCUT2D eigenvalue weighted by molar-refractivity contribution is 14.0. The summed E-state index contributed by atoms with van der Waals surface area (Å²) >= 11 is 1.94. The van der Waals surface area contributed by atoms with Gasteiger partial charge in [0.05, 0.1) is 5.69 Å². The Hall–Kier alpha value is -1.29. The van der Waals surface area contributed by atoms with E-state index in [1.807, 2.05) is 24.8 Å². The minimum absolute atomic E-state index is 0. The smallest absolute Gasteiger partial charge is 0.191 e. The molecule has 1 saturated carbocycles. The fourth-order valence-electron chi connectivity index (χ4n) is 3.35. The molecule has 1 fully saturated rings. The number of thioether (sulfide) groups is 1. The number of hydrogen-bond donors (Lipinski definition) is 2. The van der Waals surface area contributed by atoms with Crippen molar-refractivity contribution in [1.82, 2.24) is 20.2 Å². The van der Waals surface area contributed by atoms with Crippen LogP contribution >= 0.6 is 35.7 Å². The van der Waals surface area contributed by atoms with Crippen LogP contribution in [-0.4, -0.2) is 40.1 Å². The van der Waals surface area contributed by atoms with Gasteiger partial charge in [0.2, 0.25) is 0 Å². The predicted molar refractivity (Wildman–Crippen MR) is 122 cm³/mol. The van der Waals surface area contributed by atoms with Gasteiger partial charge in [0, 0.05) is 37.3 Å². The SMILES string of the molecule is CN=C(NCc1ccc(-n2ccnc2C)c(F)c1)NC1CCC(SC)C1.I. The lowest BCUT2D eigenvalue weighted by atomic mass is 10.2. The maximum absolute atomic E-state index is 14.5. The molecule has 3 rings (SSSR count). The third kappa shape index (κ3) is 5.60. The van der Waals surface area contributed by atoms with Gasteiger partial charge in [0.25, 0.3) is 0 Å². The number of guanidine groups is 1. The number of rotatable bonds is 5. The summed E-state index contributed by atoms with van der Waals surface area (Å²) in [6.07, 6.45) is 9.18. The van der Waals surface area contributed by atoms with Gasteiger partial charge in [-0.1, -0.05) is 6.07 Å². The van der Waals surface area contributed by atoms with Crippen LogP contribution in [0.4, 0.5) is 4.39 Å². The second-order valence-corrected chi connectivity index (χ2v) is 7.71. The minimum Gasteiger partial charge on any atom is -0.354 e. The van der Waals surface area contributed by atoms with Crippen molar-refractivity contribution in [2.45, 2.75) is 44.0 Å². The van der Waals surface area contributed by atoms with Gasteiger partial charge in [0.1, 0.15) is 11.6 Å². The first-order chi connectivity index (χ1) is 12.6. The first-order valence-corrected chi connectivity index (χ1v) is 10.2. The van der Waals surface area contributed by atoms with Gasteiger partial charge < -0.3 is 15.2 Å². The average molecular weight is 503 g/mol. The molecule has 0 amide bonds. The van der Waals surface area contributed by atoms with Crippen molar-refractivity contribution in [1.29, 1.82) is 0 Å². The number of nitrogens with one attached hydrogen (secondary N) is 2. The van der Waals surface area contributed by atoms with Crippen LogP contribution in [0.25, 0.3) is 5.69 Å². The van der Waals surface area contributed by atoms with Crippen molar-refractivity contribution in [2.24, 2.45) is 4.99 Å². The number of aliphatic imine (C=N–C) groups is 1. The Bertz CT molecular complexity index is 779. The highest BCUT2D eigenvalue weighted by Crippen LogP contribution is 2.28. The maximum atomic E-state index is 14.5. The van der Waals surface area contributed by atoms with Gasteiger partial charge in [-0.25, -0.2) is 9.37 Å². The number of aryl methyl sites for hydroxylation is 1. The molecular weight excluding hydrogens is 476 g/mol. The molecule has 148 valence electrons. The van der Waals surface area contributed by atoms with E-state index < -0.39 is 0 Å². The van der Waals surface area contributed by atoms with E-state index >= 15 is 0 Å². The molecule has 27 heavy (non-hydrogen) atoms. The molecule has 0 saturated heterocycles. The van der Waals surface area contributed by atoms with Gasteiger partial charge >= 0.3 is 0 Å². The van der Waals surface area contributed by atoms with Crippen LogP contribution in [-0.2, 0) is 6.54 Å². The van der Waals surface area contributed by atoms with Crippen LogP contribution in [0.15, 0.2) is 35.6 Å². The quantitative estimate of drug-likeness (QED) is 0.370. The van der Waals surface area contributed by atoms with Gasteiger partial charge in [-0.15, -0.1) is 24.0 Å². The molecular formula is C19H27FIN5S. The second kappa shape index (κ2) is 10.3. The van der Waals surface area contributed by atoms with Gasteiger partial charge in [0.15, 0.2) is 5.96 Å². The average Bonchev–Trinajstić information content (AvgIpc) is 3.27. The normalized spacial score (nSPS) is 19.6. The number of imidazole rings is 1. The molecule has 0 bridgehead atoms. The molecule has 8 heteroatoms. The van der Waals surface area contributed by atoms with Gasteiger partial charge in [-0.2, -0.15) is 11.8 Å². The number of aromatic nitrogens is 2. The van der Waals surface area contributed by atoms with E-state index in [1.165, 1.54) is 12.8 Å². The van der Waals surface area contributed by atoms with Crippen molar-refractivity contribution < 1.29 is 4.39 Å². The molecule has 0 radical (unpaired) electrons. The summed E-state index contributed by atoms with van der Waals surface area (Å²) in [5, 5.41) is 7.50. The minimum atomic E-state index is -0.257. The van der Waals surface area contributed by atoms with Gasteiger partial charge in [-0.05, 0) is 50.1 Å². The zero-order valence-corrected chi connectivity index (χ0v) is 19.1. The Labute approximate surface area is 181 Å². The summed E-state index contributed by atoms with van der Waals surface area (Å²) in [5.41, 5.74) is 1.39. The fourth-order valence-corrected chi connectivity index (χ4v) is 4.14. The summed E-state index contributed by atoms with van der Waals surface area (Å²) in [6, 6.07) is 5.74. The van der Waals surface area contributed by atoms with Crippen molar-refractivity contribution in [3.8, 4) is 5.69 Å². The predicted octanol–water partition coefficient (Wildman–Crippen LogP) is 3.89. The second-order valence-electron chi connectivity index (χ2n) is 6.57. The third-order valence-corrected chi connectivity index (χ3v) is 5.93. The standard InChI is InChI=1S/C19H26FN5S.HI/c1-13-22-8-9-25(13)18-7-4-14(10-17(18)20)12-23-19(21-2)24-15-5-6-16(11-15)26-3;/h4,7-10,15-16H,5-6,11-12H2,1-3H3,(H2,21,23,24);1H. The van der Waals surface area contributed by atoms with Gasteiger partial charge in [-0.3, -0.25) is 4.99 Å².